The maximum atomic E-state index is 13.7. The molecular formula is C29H17F2N3. The third kappa shape index (κ3) is 2.64. The molecule has 7 aromatic rings. The average Bonchev–Trinajstić information content (AvgIpc) is 3.36. The van der Waals surface area contributed by atoms with E-state index in [0.29, 0.717) is 0 Å². The highest BCUT2D eigenvalue weighted by Gasteiger charge is 2.19. The maximum Gasteiger partial charge on any atom is 0.123 e. The molecule has 0 atom stereocenters. The summed E-state index contributed by atoms with van der Waals surface area (Å²) in [5.41, 5.74) is 7.34. The Balaban J connectivity index is 1.67. The van der Waals surface area contributed by atoms with Crippen molar-refractivity contribution < 1.29 is 8.78 Å². The van der Waals surface area contributed by atoms with Gasteiger partial charge in [0.2, 0.25) is 0 Å². The molecule has 0 saturated heterocycles. The number of pyridine rings is 1. The van der Waals surface area contributed by atoms with Gasteiger partial charge in [0, 0.05) is 22.1 Å². The molecule has 162 valence electrons. The zero-order chi connectivity index (χ0) is 22.8. The lowest BCUT2D eigenvalue weighted by atomic mass is 10.2. The Morgan fingerprint density at radius 1 is 0.471 bits per heavy atom. The Morgan fingerprint density at radius 3 is 1.32 bits per heavy atom. The smallest absolute Gasteiger partial charge is 0.123 e. The molecule has 5 heteroatoms. The van der Waals surface area contributed by atoms with Gasteiger partial charge in [-0.3, -0.25) is 0 Å². The van der Waals surface area contributed by atoms with Gasteiger partial charge in [-0.25, -0.2) is 13.8 Å². The van der Waals surface area contributed by atoms with E-state index in [4.69, 9.17) is 4.98 Å². The molecule has 0 radical (unpaired) electrons. The molecular weight excluding hydrogens is 428 g/mol. The molecule has 0 bridgehead atoms. The summed E-state index contributed by atoms with van der Waals surface area (Å²) in [7, 11) is 0. The summed E-state index contributed by atoms with van der Waals surface area (Å²) in [6.45, 7) is 0. The quantitative estimate of drug-likeness (QED) is 0.269. The van der Waals surface area contributed by atoms with E-state index < -0.39 is 0 Å². The van der Waals surface area contributed by atoms with Crippen molar-refractivity contribution in [2.24, 2.45) is 0 Å². The van der Waals surface area contributed by atoms with Crippen LogP contribution in [0.3, 0.4) is 0 Å². The Hall–Kier alpha value is -4.51. The number of fused-ring (bicyclic) bond motifs is 6. The van der Waals surface area contributed by atoms with Gasteiger partial charge in [0.1, 0.15) is 11.6 Å². The molecule has 0 amide bonds. The van der Waals surface area contributed by atoms with E-state index >= 15 is 0 Å². The van der Waals surface area contributed by atoms with E-state index in [2.05, 4.69) is 39.5 Å². The van der Waals surface area contributed by atoms with Crippen molar-refractivity contribution in [1.82, 2.24) is 14.1 Å². The minimum Gasteiger partial charge on any atom is -0.308 e. The Morgan fingerprint density at radius 2 is 0.882 bits per heavy atom. The summed E-state index contributed by atoms with van der Waals surface area (Å²) >= 11 is 0. The largest absolute Gasteiger partial charge is 0.308 e. The molecule has 0 aliphatic heterocycles. The zero-order valence-corrected chi connectivity index (χ0v) is 17.9. The first-order valence-electron chi connectivity index (χ1n) is 11.0. The molecule has 0 unspecified atom stereocenters. The third-order valence-electron chi connectivity index (χ3n) is 6.43. The number of para-hydroxylation sites is 2. The molecule has 0 aliphatic rings. The molecule has 0 aliphatic carbocycles. The summed E-state index contributed by atoms with van der Waals surface area (Å²) in [6.07, 6.45) is 0. The number of aromatic nitrogens is 3. The number of halogens is 2. The van der Waals surface area contributed by atoms with Crippen LogP contribution in [0.5, 0.6) is 0 Å². The number of hydrogen-bond donors (Lipinski definition) is 0. The van der Waals surface area contributed by atoms with Gasteiger partial charge < -0.3 is 9.13 Å². The molecule has 3 heterocycles. The first-order chi connectivity index (χ1) is 16.7. The van der Waals surface area contributed by atoms with Crippen LogP contribution in [0.25, 0.3) is 55.2 Å². The van der Waals surface area contributed by atoms with Crippen LogP contribution >= 0.6 is 0 Å². The van der Waals surface area contributed by atoms with Gasteiger partial charge >= 0.3 is 0 Å². The van der Waals surface area contributed by atoms with Gasteiger partial charge in [-0.1, -0.05) is 36.4 Å². The fraction of sp³-hybridized carbons (Fsp3) is 0. The van der Waals surface area contributed by atoms with Crippen molar-refractivity contribution in [3.63, 3.8) is 0 Å². The van der Waals surface area contributed by atoms with Crippen LogP contribution < -0.4 is 0 Å². The molecule has 34 heavy (non-hydrogen) atoms. The van der Waals surface area contributed by atoms with Crippen LogP contribution in [0.1, 0.15) is 0 Å². The highest BCUT2D eigenvalue weighted by molar-refractivity contribution is 6.15. The van der Waals surface area contributed by atoms with Gasteiger partial charge in [0.15, 0.2) is 0 Å². The van der Waals surface area contributed by atoms with Gasteiger partial charge in [-0.15, -0.1) is 0 Å². The second-order valence-corrected chi connectivity index (χ2v) is 8.38. The summed E-state index contributed by atoms with van der Waals surface area (Å²) in [5, 5.41) is 2.06. The number of benzene rings is 4. The van der Waals surface area contributed by atoms with Gasteiger partial charge in [-0.2, -0.15) is 0 Å². The number of hydrogen-bond acceptors (Lipinski definition) is 1. The Labute approximate surface area is 193 Å². The highest BCUT2D eigenvalue weighted by atomic mass is 19.1. The lowest BCUT2D eigenvalue weighted by Crippen LogP contribution is -1.96. The van der Waals surface area contributed by atoms with Crippen LogP contribution in [0.4, 0.5) is 8.78 Å². The van der Waals surface area contributed by atoms with E-state index in [1.807, 2.05) is 24.3 Å². The van der Waals surface area contributed by atoms with E-state index in [9.17, 15) is 8.78 Å². The monoisotopic (exact) mass is 445 g/mol. The lowest BCUT2D eigenvalue weighted by molar-refractivity contribution is 0.627. The van der Waals surface area contributed by atoms with E-state index in [0.717, 1.165) is 55.2 Å². The van der Waals surface area contributed by atoms with Crippen molar-refractivity contribution in [3.05, 3.63) is 115 Å². The standard InChI is InChI=1S/C29H17F2N3/c30-18-9-13-20(14-10-18)33-24-7-3-1-5-22(24)28-26(33)17-27-29(32-28)23-6-2-4-8-25(23)34(27)21-15-11-19(31)12-16-21/h1-17H. The van der Waals surface area contributed by atoms with Crippen LogP contribution in [0.2, 0.25) is 0 Å². The zero-order valence-electron chi connectivity index (χ0n) is 17.9. The Bertz CT molecular complexity index is 1730. The summed E-state index contributed by atoms with van der Waals surface area (Å²) in [4.78, 5) is 5.17. The minimum atomic E-state index is -0.276. The normalized spacial score (nSPS) is 11.8. The topological polar surface area (TPSA) is 22.8 Å². The second-order valence-electron chi connectivity index (χ2n) is 8.38. The van der Waals surface area contributed by atoms with Crippen molar-refractivity contribution in [1.29, 1.82) is 0 Å². The van der Waals surface area contributed by atoms with E-state index in [1.54, 1.807) is 24.3 Å². The summed E-state index contributed by atoms with van der Waals surface area (Å²) < 4.78 is 31.6. The van der Waals surface area contributed by atoms with E-state index in [-0.39, 0.29) is 11.6 Å². The molecule has 7 rings (SSSR count). The number of rotatable bonds is 2. The van der Waals surface area contributed by atoms with Crippen molar-refractivity contribution >= 4 is 43.9 Å². The molecule has 4 aromatic carbocycles. The summed E-state index contributed by atoms with van der Waals surface area (Å²) in [5.74, 6) is -0.553. The first kappa shape index (κ1) is 19.0. The molecule has 0 fully saturated rings. The Kier molecular flexibility index (Phi) is 3.91. The van der Waals surface area contributed by atoms with Crippen molar-refractivity contribution in [2.45, 2.75) is 0 Å². The highest BCUT2D eigenvalue weighted by Crippen LogP contribution is 2.37. The van der Waals surface area contributed by atoms with Crippen molar-refractivity contribution in [2.75, 3.05) is 0 Å². The van der Waals surface area contributed by atoms with Crippen LogP contribution in [0, 0.1) is 11.6 Å². The fourth-order valence-corrected chi connectivity index (χ4v) is 4.96. The van der Waals surface area contributed by atoms with Crippen molar-refractivity contribution in [3.8, 4) is 11.4 Å². The molecule has 0 saturated carbocycles. The predicted octanol–water partition coefficient (Wildman–Crippen LogP) is 7.55. The van der Waals surface area contributed by atoms with Crippen LogP contribution in [-0.2, 0) is 0 Å². The number of nitrogens with zero attached hydrogens (tertiary/aromatic N) is 3. The fourth-order valence-electron chi connectivity index (χ4n) is 4.96. The van der Waals surface area contributed by atoms with Gasteiger partial charge in [0.25, 0.3) is 0 Å². The predicted molar refractivity (Wildman–Crippen MR) is 133 cm³/mol. The molecule has 3 aromatic heterocycles. The molecule has 3 nitrogen and oxygen atoms in total. The third-order valence-corrected chi connectivity index (χ3v) is 6.43. The average molecular weight is 445 g/mol. The van der Waals surface area contributed by atoms with Crippen LogP contribution in [-0.4, -0.2) is 14.1 Å². The van der Waals surface area contributed by atoms with E-state index in [1.165, 1.54) is 24.3 Å². The second kappa shape index (κ2) is 6.99. The maximum absolute atomic E-state index is 13.7. The lowest BCUT2D eigenvalue weighted by Gasteiger charge is -2.09. The van der Waals surface area contributed by atoms with Crippen LogP contribution in [0.15, 0.2) is 103 Å². The SMILES string of the molecule is Fc1ccc(-n2c3ccccc3c3nc4c5ccccc5n(-c5ccc(F)cc5)c4cc32)cc1. The summed E-state index contributed by atoms with van der Waals surface area (Å²) in [6, 6.07) is 31.4. The van der Waals surface area contributed by atoms with Gasteiger partial charge in [-0.05, 0) is 66.7 Å². The first-order valence-corrected chi connectivity index (χ1v) is 11.0. The minimum absolute atomic E-state index is 0.276. The molecule has 0 N–H and O–H groups in total. The van der Waals surface area contributed by atoms with Gasteiger partial charge in [0.05, 0.1) is 33.1 Å². The molecule has 0 spiro atoms.